The molecule has 0 atom stereocenters. The number of amidine groups is 1. The van der Waals surface area contributed by atoms with E-state index in [1.54, 1.807) is 12.0 Å². The van der Waals surface area contributed by atoms with Gasteiger partial charge in [0.15, 0.2) is 16.7 Å². The van der Waals surface area contributed by atoms with Gasteiger partial charge in [-0.15, -0.1) is 0 Å². The highest BCUT2D eigenvalue weighted by molar-refractivity contribution is 8.18. The van der Waals surface area contributed by atoms with Gasteiger partial charge in [-0.1, -0.05) is 36.8 Å². The van der Waals surface area contributed by atoms with Gasteiger partial charge in [0.1, 0.15) is 0 Å². The third kappa shape index (κ3) is 4.82. The van der Waals surface area contributed by atoms with Gasteiger partial charge in [0, 0.05) is 12.1 Å². The zero-order valence-electron chi connectivity index (χ0n) is 17.3. The lowest BCUT2D eigenvalue weighted by Gasteiger charge is -2.14. The summed E-state index contributed by atoms with van der Waals surface area (Å²) < 4.78 is 11.2. The van der Waals surface area contributed by atoms with Gasteiger partial charge in [0.25, 0.3) is 5.91 Å². The van der Waals surface area contributed by atoms with Crippen LogP contribution in [0.3, 0.4) is 0 Å². The Morgan fingerprint density at radius 2 is 1.90 bits per heavy atom. The number of nitrogens with zero attached hydrogens (tertiary/aromatic N) is 2. The van der Waals surface area contributed by atoms with Crippen molar-refractivity contribution in [1.82, 2.24) is 4.90 Å². The van der Waals surface area contributed by atoms with Crippen LogP contribution in [0.25, 0.3) is 6.08 Å². The summed E-state index contributed by atoms with van der Waals surface area (Å²) in [5.74, 6) is 1.26. The average Bonchev–Trinajstić information content (AvgIpc) is 3.00. The summed E-state index contributed by atoms with van der Waals surface area (Å²) in [6, 6.07) is 13.6. The fourth-order valence-corrected chi connectivity index (χ4v) is 4.00. The van der Waals surface area contributed by atoms with Crippen LogP contribution < -0.4 is 9.47 Å². The Balaban J connectivity index is 1.99. The van der Waals surface area contributed by atoms with Crippen LogP contribution in [0.5, 0.6) is 11.5 Å². The lowest BCUT2D eigenvalue weighted by Crippen LogP contribution is -2.29. The molecule has 0 bridgehead atoms. The largest absolute Gasteiger partial charge is 0.493 e. The molecule has 152 valence electrons. The summed E-state index contributed by atoms with van der Waals surface area (Å²) >= 11 is 1.39. The van der Waals surface area contributed by atoms with Crippen molar-refractivity contribution in [3.63, 3.8) is 0 Å². The molecule has 0 unspecified atom stereocenters. The Morgan fingerprint density at radius 3 is 2.55 bits per heavy atom. The molecule has 5 nitrogen and oxygen atoms in total. The van der Waals surface area contributed by atoms with Crippen molar-refractivity contribution in [3.8, 4) is 11.5 Å². The highest BCUT2D eigenvalue weighted by Crippen LogP contribution is 2.38. The average molecular weight is 411 g/mol. The summed E-state index contributed by atoms with van der Waals surface area (Å²) in [5.41, 5.74) is 2.83. The molecule has 6 heteroatoms. The number of carbonyl (C=O) groups excluding carboxylic acids is 1. The molecular formula is C23H26N2O3S. The number of aryl methyl sites for hydroxylation is 1. The molecule has 0 aromatic heterocycles. The number of para-hydroxylation sites is 1. The first kappa shape index (κ1) is 21.0. The molecule has 2 aromatic carbocycles. The maximum absolute atomic E-state index is 13.1. The number of hydrogen-bond donors (Lipinski definition) is 0. The molecule has 1 heterocycles. The van der Waals surface area contributed by atoms with Gasteiger partial charge in [-0.05, 0) is 56.3 Å². The quantitative estimate of drug-likeness (QED) is 0.572. The van der Waals surface area contributed by atoms with E-state index in [2.05, 4.69) is 6.92 Å². The van der Waals surface area contributed by atoms with Crippen LogP contribution in [0, 0.1) is 6.92 Å². The van der Waals surface area contributed by atoms with E-state index in [1.165, 1.54) is 17.3 Å². The maximum Gasteiger partial charge on any atom is 0.266 e. The van der Waals surface area contributed by atoms with Crippen LogP contribution in [0.15, 0.2) is 52.4 Å². The highest BCUT2D eigenvalue weighted by atomic mass is 32.2. The van der Waals surface area contributed by atoms with Gasteiger partial charge < -0.3 is 9.47 Å². The second-order valence-electron chi connectivity index (χ2n) is 6.61. The van der Waals surface area contributed by atoms with Crippen molar-refractivity contribution >= 4 is 34.6 Å². The van der Waals surface area contributed by atoms with E-state index in [4.69, 9.17) is 14.5 Å². The summed E-state index contributed by atoms with van der Waals surface area (Å²) in [7, 11) is 1.61. The van der Waals surface area contributed by atoms with Crippen molar-refractivity contribution in [2.45, 2.75) is 27.2 Å². The Labute approximate surface area is 176 Å². The van der Waals surface area contributed by atoms with Gasteiger partial charge in [0.05, 0.1) is 24.3 Å². The number of thioether (sulfide) groups is 1. The Hall–Kier alpha value is -2.73. The fourth-order valence-electron chi connectivity index (χ4n) is 2.99. The topological polar surface area (TPSA) is 51.1 Å². The molecule has 0 radical (unpaired) electrons. The normalized spacial score (nSPS) is 16.7. The first-order valence-electron chi connectivity index (χ1n) is 9.74. The van der Waals surface area contributed by atoms with E-state index >= 15 is 0 Å². The zero-order valence-corrected chi connectivity index (χ0v) is 18.1. The third-order valence-corrected chi connectivity index (χ3v) is 5.41. The predicted molar refractivity (Wildman–Crippen MR) is 120 cm³/mol. The molecule has 1 aliphatic rings. The van der Waals surface area contributed by atoms with Gasteiger partial charge in [-0.25, -0.2) is 4.99 Å². The molecule has 3 rings (SSSR count). The number of amides is 1. The lowest BCUT2D eigenvalue weighted by atomic mass is 10.1. The first-order valence-corrected chi connectivity index (χ1v) is 10.6. The molecule has 1 fully saturated rings. The van der Waals surface area contributed by atoms with Crippen LogP contribution >= 0.6 is 11.8 Å². The van der Waals surface area contributed by atoms with E-state index in [9.17, 15) is 4.79 Å². The van der Waals surface area contributed by atoms with Gasteiger partial charge in [-0.2, -0.15) is 0 Å². The van der Waals surface area contributed by atoms with Gasteiger partial charge >= 0.3 is 0 Å². The van der Waals surface area contributed by atoms with Crippen molar-refractivity contribution in [2.75, 3.05) is 20.3 Å². The van der Waals surface area contributed by atoms with E-state index < -0.39 is 0 Å². The van der Waals surface area contributed by atoms with Crippen molar-refractivity contribution in [1.29, 1.82) is 0 Å². The monoisotopic (exact) mass is 410 g/mol. The van der Waals surface area contributed by atoms with E-state index in [1.807, 2.05) is 62.4 Å². The Morgan fingerprint density at radius 1 is 1.14 bits per heavy atom. The van der Waals surface area contributed by atoms with Gasteiger partial charge in [-0.3, -0.25) is 9.69 Å². The fraction of sp³-hybridized carbons (Fsp3) is 0.304. The SMILES string of the molecule is CCCN1C(=O)/C(=C\c2cccc(OC)c2OCC)SC1=Nc1ccc(C)cc1. The molecule has 29 heavy (non-hydrogen) atoms. The first-order chi connectivity index (χ1) is 14.1. The van der Waals surface area contributed by atoms with Crippen molar-refractivity contribution in [3.05, 3.63) is 58.5 Å². The van der Waals surface area contributed by atoms with Crippen LogP contribution in [0.2, 0.25) is 0 Å². The number of benzene rings is 2. The smallest absolute Gasteiger partial charge is 0.266 e. The van der Waals surface area contributed by atoms with Crippen molar-refractivity contribution in [2.24, 2.45) is 4.99 Å². The maximum atomic E-state index is 13.1. The number of ether oxygens (including phenoxy) is 2. The standard InChI is InChI=1S/C23H26N2O3S/c1-5-14-25-22(26)20(29-23(25)24-18-12-10-16(3)11-13-18)15-17-8-7-9-19(27-4)21(17)28-6-2/h7-13,15H,5-6,14H2,1-4H3/b20-15+,24-23?. The molecule has 1 amide bonds. The summed E-state index contributed by atoms with van der Waals surface area (Å²) in [6.45, 7) is 7.16. The molecule has 0 N–H and O–H groups in total. The number of aliphatic imine (C=N–C) groups is 1. The summed E-state index contributed by atoms with van der Waals surface area (Å²) in [6.07, 6.45) is 2.72. The van der Waals surface area contributed by atoms with E-state index in [0.29, 0.717) is 34.7 Å². The van der Waals surface area contributed by atoms with Crippen LogP contribution in [-0.2, 0) is 4.79 Å². The third-order valence-electron chi connectivity index (χ3n) is 4.40. The number of carbonyl (C=O) groups is 1. The Kier molecular flexibility index (Phi) is 6.99. The van der Waals surface area contributed by atoms with E-state index in [-0.39, 0.29) is 5.91 Å². The van der Waals surface area contributed by atoms with Crippen LogP contribution in [0.4, 0.5) is 5.69 Å². The predicted octanol–water partition coefficient (Wildman–Crippen LogP) is 5.42. The minimum absolute atomic E-state index is 0.0343. The Bertz CT molecular complexity index is 936. The minimum Gasteiger partial charge on any atom is -0.493 e. The summed E-state index contributed by atoms with van der Waals surface area (Å²) in [4.78, 5) is 20.2. The molecular weight excluding hydrogens is 384 g/mol. The molecule has 2 aromatic rings. The molecule has 0 spiro atoms. The number of methoxy groups -OCH3 is 1. The summed E-state index contributed by atoms with van der Waals surface area (Å²) in [5, 5.41) is 0.702. The molecule has 1 saturated heterocycles. The highest BCUT2D eigenvalue weighted by Gasteiger charge is 2.33. The lowest BCUT2D eigenvalue weighted by molar-refractivity contribution is -0.122. The van der Waals surface area contributed by atoms with Crippen molar-refractivity contribution < 1.29 is 14.3 Å². The molecule has 1 aliphatic heterocycles. The second kappa shape index (κ2) is 9.65. The van der Waals surface area contributed by atoms with Gasteiger partial charge in [0.2, 0.25) is 0 Å². The van der Waals surface area contributed by atoms with Crippen LogP contribution in [-0.4, -0.2) is 36.2 Å². The molecule has 0 saturated carbocycles. The zero-order chi connectivity index (χ0) is 20.8. The van der Waals surface area contributed by atoms with E-state index in [0.717, 1.165) is 17.7 Å². The second-order valence-corrected chi connectivity index (χ2v) is 7.62. The number of rotatable bonds is 7. The minimum atomic E-state index is -0.0343. The molecule has 0 aliphatic carbocycles. The van der Waals surface area contributed by atoms with Crippen LogP contribution in [0.1, 0.15) is 31.4 Å². The number of hydrogen-bond acceptors (Lipinski definition) is 5.